The van der Waals surface area contributed by atoms with Gasteiger partial charge in [0.25, 0.3) is 0 Å². The van der Waals surface area contributed by atoms with Gasteiger partial charge in [-0.2, -0.15) is 4.98 Å². The number of aromatic nitrogens is 2. The maximum atomic E-state index is 5.11. The van der Waals surface area contributed by atoms with Crippen molar-refractivity contribution in [1.82, 2.24) is 14.9 Å². The lowest BCUT2D eigenvalue weighted by Crippen LogP contribution is -2.47. The quantitative estimate of drug-likeness (QED) is 0.776. The molecular formula is C11H17BrN4O. The Balaban J connectivity index is 1.95. The molecule has 1 saturated heterocycles. The molecule has 0 amide bonds. The summed E-state index contributed by atoms with van der Waals surface area (Å²) in [4.78, 5) is 13.3. The third-order valence-electron chi connectivity index (χ3n) is 2.88. The minimum absolute atomic E-state index is 0.623. The molecule has 0 radical (unpaired) electrons. The van der Waals surface area contributed by atoms with E-state index in [2.05, 4.69) is 35.7 Å². The first-order chi connectivity index (χ1) is 8.33. The Morgan fingerprint density at radius 2 is 2.12 bits per heavy atom. The van der Waals surface area contributed by atoms with E-state index in [0.29, 0.717) is 5.88 Å². The molecule has 2 rings (SSSR count). The van der Waals surface area contributed by atoms with E-state index in [1.807, 2.05) is 0 Å². The van der Waals surface area contributed by atoms with Crippen molar-refractivity contribution in [3.8, 4) is 5.88 Å². The highest BCUT2D eigenvalue weighted by Gasteiger charge is 2.18. The smallest absolute Gasteiger partial charge is 0.228 e. The Morgan fingerprint density at radius 3 is 2.76 bits per heavy atom. The molecule has 1 aromatic heterocycles. The molecule has 1 aromatic rings. The predicted octanol–water partition coefficient (Wildman–Crippen LogP) is 1.00. The number of nitrogens with zero attached hydrogens (tertiary/aromatic N) is 4. The van der Waals surface area contributed by atoms with Crippen LogP contribution in [0.5, 0.6) is 5.88 Å². The van der Waals surface area contributed by atoms with Crippen LogP contribution >= 0.6 is 15.9 Å². The highest BCUT2D eigenvalue weighted by molar-refractivity contribution is 9.09. The molecule has 1 aliphatic rings. The maximum absolute atomic E-state index is 5.11. The van der Waals surface area contributed by atoms with E-state index >= 15 is 0 Å². The van der Waals surface area contributed by atoms with E-state index in [0.717, 1.165) is 44.0 Å². The van der Waals surface area contributed by atoms with Crippen molar-refractivity contribution in [3.05, 3.63) is 12.3 Å². The van der Waals surface area contributed by atoms with E-state index in [-0.39, 0.29) is 0 Å². The summed E-state index contributed by atoms with van der Waals surface area (Å²) in [5.41, 5.74) is 0. The van der Waals surface area contributed by atoms with Crippen LogP contribution in [-0.4, -0.2) is 60.0 Å². The minimum Gasteiger partial charge on any atom is -0.481 e. The molecule has 0 spiro atoms. The third kappa shape index (κ3) is 3.29. The third-order valence-corrected chi connectivity index (χ3v) is 3.24. The van der Waals surface area contributed by atoms with Crippen LogP contribution < -0.4 is 9.64 Å². The van der Waals surface area contributed by atoms with Crippen molar-refractivity contribution < 1.29 is 4.74 Å². The maximum Gasteiger partial charge on any atom is 0.228 e. The number of anilines is 1. The molecule has 1 aliphatic heterocycles. The highest BCUT2D eigenvalue weighted by Crippen LogP contribution is 2.14. The minimum atomic E-state index is 0.623. The number of rotatable bonds is 4. The molecule has 94 valence electrons. The topological polar surface area (TPSA) is 41.5 Å². The molecule has 17 heavy (non-hydrogen) atoms. The summed E-state index contributed by atoms with van der Waals surface area (Å²) in [6.45, 7) is 5.17. The summed E-state index contributed by atoms with van der Waals surface area (Å²) in [6, 6.07) is 1.77. The van der Waals surface area contributed by atoms with E-state index in [1.165, 1.54) is 0 Å². The van der Waals surface area contributed by atoms with E-state index < -0.39 is 0 Å². The average molecular weight is 301 g/mol. The molecule has 2 heterocycles. The number of ether oxygens (including phenoxy) is 1. The highest BCUT2D eigenvalue weighted by atomic mass is 79.9. The Morgan fingerprint density at radius 1 is 1.35 bits per heavy atom. The summed E-state index contributed by atoms with van der Waals surface area (Å²) >= 11 is 3.47. The summed E-state index contributed by atoms with van der Waals surface area (Å²) in [5, 5.41) is 1.03. The van der Waals surface area contributed by atoms with Gasteiger partial charge in [0.1, 0.15) is 0 Å². The van der Waals surface area contributed by atoms with Crippen molar-refractivity contribution in [2.75, 3.05) is 50.1 Å². The van der Waals surface area contributed by atoms with Crippen LogP contribution in [0.2, 0.25) is 0 Å². The normalized spacial score (nSPS) is 17.2. The van der Waals surface area contributed by atoms with E-state index in [4.69, 9.17) is 4.74 Å². The second-order valence-electron chi connectivity index (χ2n) is 3.92. The molecule has 0 aromatic carbocycles. The molecule has 1 fully saturated rings. The van der Waals surface area contributed by atoms with Gasteiger partial charge in [0, 0.05) is 50.3 Å². The van der Waals surface area contributed by atoms with Crippen LogP contribution in [0.25, 0.3) is 0 Å². The second kappa shape index (κ2) is 6.16. The van der Waals surface area contributed by atoms with Crippen LogP contribution in [0.4, 0.5) is 5.95 Å². The molecule has 0 aliphatic carbocycles. The molecule has 0 atom stereocenters. The molecule has 0 bridgehead atoms. The standard InChI is InChI=1S/C11H17BrN4O/c1-17-10-2-4-13-11(14-10)16-8-6-15(5-3-12)7-9-16/h2,4H,3,5-9H2,1H3. The molecule has 0 N–H and O–H groups in total. The molecule has 0 saturated carbocycles. The van der Waals surface area contributed by atoms with Gasteiger partial charge in [-0.3, -0.25) is 4.90 Å². The van der Waals surface area contributed by atoms with Crippen LogP contribution in [-0.2, 0) is 0 Å². The zero-order valence-corrected chi connectivity index (χ0v) is 11.6. The SMILES string of the molecule is COc1ccnc(N2CCN(CCBr)CC2)n1. The summed E-state index contributed by atoms with van der Waals surface area (Å²) in [6.07, 6.45) is 1.74. The van der Waals surface area contributed by atoms with Crippen molar-refractivity contribution in [1.29, 1.82) is 0 Å². The van der Waals surface area contributed by atoms with Crippen molar-refractivity contribution in [3.63, 3.8) is 0 Å². The Bertz CT molecular complexity index is 355. The Kier molecular flexibility index (Phi) is 4.56. The fraction of sp³-hybridized carbons (Fsp3) is 0.636. The van der Waals surface area contributed by atoms with Crippen LogP contribution in [0.1, 0.15) is 0 Å². The van der Waals surface area contributed by atoms with Gasteiger partial charge >= 0.3 is 0 Å². The lowest BCUT2D eigenvalue weighted by atomic mass is 10.3. The zero-order chi connectivity index (χ0) is 12.1. The molecule has 5 nitrogen and oxygen atoms in total. The van der Waals surface area contributed by atoms with Crippen molar-refractivity contribution >= 4 is 21.9 Å². The number of methoxy groups -OCH3 is 1. The molecule has 6 heteroatoms. The lowest BCUT2D eigenvalue weighted by Gasteiger charge is -2.34. The first-order valence-electron chi connectivity index (χ1n) is 5.74. The Labute approximate surface area is 110 Å². The fourth-order valence-corrected chi connectivity index (χ4v) is 2.39. The van der Waals surface area contributed by atoms with E-state index in [9.17, 15) is 0 Å². The van der Waals surface area contributed by atoms with Crippen molar-refractivity contribution in [2.24, 2.45) is 0 Å². The summed E-state index contributed by atoms with van der Waals surface area (Å²) in [7, 11) is 1.63. The largest absolute Gasteiger partial charge is 0.481 e. The number of piperazine rings is 1. The van der Waals surface area contributed by atoms with Gasteiger partial charge in [0.2, 0.25) is 11.8 Å². The summed E-state index contributed by atoms with van der Waals surface area (Å²) in [5.74, 6) is 1.39. The van der Waals surface area contributed by atoms with Gasteiger partial charge in [-0.25, -0.2) is 4.98 Å². The summed E-state index contributed by atoms with van der Waals surface area (Å²) < 4.78 is 5.11. The Hall–Kier alpha value is -0.880. The van der Waals surface area contributed by atoms with Gasteiger partial charge in [-0.05, 0) is 0 Å². The van der Waals surface area contributed by atoms with Gasteiger partial charge < -0.3 is 9.64 Å². The van der Waals surface area contributed by atoms with Crippen molar-refractivity contribution in [2.45, 2.75) is 0 Å². The lowest BCUT2D eigenvalue weighted by molar-refractivity contribution is 0.272. The van der Waals surface area contributed by atoms with Gasteiger partial charge in [-0.1, -0.05) is 15.9 Å². The first-order valence-corrected chi connectivity index (χ1v) is 6.86. The monoisotopic (exact) mass is 300 g/mol. The number of alkyl halides is 1. The van der Waals surface area contributed by atoms with E-state index in [1.54, 1.807) is 19.4 Å². The zero-order valence-electron chi connectivity index (χ0n) is 9.97. The van der Waals surface area contributed by atoms with Gasteiger partial charge in [-0.15, -0.1) is 0 Å². The van der Waals surface area contributed by atoms with Gasteiger partial charge in [0.05, 0.1) is 7.11 Å². The fourth-order valence-electron chi connectivity index (χ4n) is 1.89. The predicted molar refractivity (Wildman–Crippen MR) is 71.0 cm³/mol. The number of halogens is 1. The molecular weight excluding hydrogens is 284 g/mol. The van der Waals surface area contributed by atoms with Crippen LogP contribution in [0.15, 0.2) is 12.3 Å². The van der Waals surface area contributed by atoms with Crippen LogP contribution in [0.3, 0.4) is 0 Å². The number of hydrogen-bond donors (Lipinski definition) is 0. The first kappa shape index (κ1) is 12.6. The average Bonchev–Trinajstić information content (AvgIpc) is 2.40. The van der Waals surface area contributed by atoms with Crippen LogP contribution in [0, 0.1) is 0 Å². The molecule has 0 unspecified atom stereocenters. The second-order valence-corrected chi connectivity index (χ2v) is 4.71. The number of hydrogen-bond acceptors (Lipinski definition) is 5. The van der Waals surface area contributed by atoms with Gasteiger partial charge in [0.15, 0.2) is 0 Å².